The molecule has 6 nitrogen and oxygen atoms in total. The van der Waals surface area contributed by atoms with E-state index in [2.05, 4.69) is 43.4 Å². The van der Waals surface area contributed by atoms with E-state index in [0.717, 1.165) is 32.1 Å². The first-order valence-corrected chi connectivity index (χ1v) is 8.68. The van der Waals surface area contributed by atoms with Crippen molar-refractivity contribution < 1.29 is 4.74 Å². The zero-order valence-electron chi connectivity index (χ0n) is 14.7. The van der Waals surface area contributed by atoms with Crippen LogP contribution in [0.3, 0.4) is 0 Å². The normalized spacial score (nSPS) is 29.0. The van der Waals surface area contributed by atoms with E-state index in [1.807, 2.05) is 17.1 Å². The lowest BCUT2D eigenvalue weighted by atomic mass is 9.57. The first kappa shape index (κ1) is 16.3. The molecule has 3 unspecified atom stereocenters. The average molecular weight is 319 g/mol. The summed E-state index contributed by atoms with van der Waals surface area (Å²) in [6, 6.07) is 0.430. The molecule has 1 saturated heterocycles. The van der Waals surface area contributed by atoms with Crippen LogP contribution in [-0.2, 0) is 11.3 Å². The number of fused-ring (bicyclic) bond motifs is 1. The molecule has 6 heteroatoms. The predicted molar refractivity (Wildman–Crippen MR) is 91.5 cm³/mol. The third kappa shape index (κ3) is 3.22. The molecule has 0 amide bonds. The Bertz CT molecular complexity index is 565. The van der Waals surface area contributed by atoms with Gasteiger partial charge in [-0.05, 0) is 25.8 Å². The molecule has 23 heavy (non-hydrogen) atoms. The number of ether oxygens (including phenoxy) is 1. The van der Waals surface area contributed by atoms with Crippen LogP contribution in [0.25, 0.3) is 0 Å². The molecule has 0 bridgehead atoms. The molecule has 0 spiro atoms. The zero-order valence-corrected chi connectivity index (χ0v) is 14.7. The second-order valence-corrected chi connectivity index (χ2v) is 7.23. The van der Waals surface area contributed by atoms with Gasteiger partial charge in [0.15, 0.2) is 5.96 Å². The molecule has 2 fully saturated rings. The van der Waals surface area contributed by atoms with Gasteiger partial charge in [0.05, 0.1) is 25.4 Å². The van der Waals surface area contributed by atoms with Gasteiger partial charge in [-0.1, -0.05) is 13.8 Å². The van der Waals surface area contributed by atoms with Gasteiger partial charge in [0.2, 0.25) is 0 Å². The van der Waals surface area contributed by atoms with Gasteiger partial charge in [-0.3, -0.25) is 9.67 Å². The van der Waals surface area contributed by atoms with Crippen molar-refractivity contribution in [3.8, 4) is 0 Å². The van der Waals surface area contributed by atoms with Crippen molar-refractivity contribution in [2.24, 2.45) is 16.3 Å². The van der Waals surface area contributed by atoms with Gasteiger partial charge >= 0.3 is 0 Å². The van der Waals surface area contributed by atoms with Crippen molar-refractivity contribution in [1.29, 1.82) is 0 Å². The highest BCUT2D eigenvalue weighted by atomic mass is 16.5. The topological polar surface area (TPSA) is 63.5 Å². The molecule has 1 aromatic heterocycles. The van der Waals surface area contributed by atoms with E-state index in [9.17, 15) is 0 Å². The van der Waals surface area contributed by atoms with Gasteiger partial charge in [0, 0.05) is 36.7 Å². The molecule has 3 rings (SSSR count). The Morgan fingerprint density at radius 2 is 2.35 bits per heavy atom. The lowest BCUT2D eigenvalue weighted by Gasteiger charge is -2.54. The third-order valence-electron chi connectivity index (χ3n) is 5.10. The summed E-state index contributed by atoms with van der Waals surface area (Å²) in [5.74, 6) is 1.52. The number of hydrogen-bond acceptors (Lipinski definition) is 3. The van der Waals surface area contributed by atoms with Crippen molar-refractivity contribution >= 4 is 5.96 Å². The lowest BCUT2D eigenvalue weighted by Crippen LogP contribution is -2.68. The number of aryl methyl sites for hydroxylation is 1. The Kier molecular flexibility index (Phi) is 4.62. The van der Waals surface area contributed by atoms with Crippen LogP contribution in [0.5, 0.6) is 0 Å². The summed E-state index contributed by atoms with van der Waals surface area (Å²) in [6.07, 6.45) is 5.47. The smallest absolute Gasteiger partial charge is 0.191 e. The second kappa shape index (κ2) is 6.51. The van der Waals surface area contributed by atoms with Crippen LogP contribution in [0.1, 0.15) is 32.8 Å². The number of hydrogen-bond donors (Lipinski definition) is 2. The van der Waals surface area contributed by atoms with Crippen LogP contribution >= 0.6 is 0 Å². The highest BCUT2D eigenvalue weighted by Crippen LogP contribution is 2.52. The zero-order chi connectivity index (χ0) is 16.4. The SMILES string of the molecule is CCNC(=NCCn1cc(C)cn1)NC1C2CCOC2C1(C)C. The highest BCUT2D eigenvalue weighted by Gasteiger charge is 2.59. The molecular weight excluding hydrogens is 290 g/mol. The summed E-state index contributed by atoms with van der Waals surface area (Å²) in [7, 11) is 0. The number of nitrogens with one attached hydrogen (secondary N) is 2. The van der Waals surface area contributed by atoms with E-state index in [1.54, 1.807) is 0 Å². The van der Waals surface area contributed by atoms with Gasteiger partial charge < -0.3 is 15.4 Å². The molecule has 2 aliphatic rings. The van der Waals surface area contributed by atoms with Crippen LogP contribution in [0.2, 0.25) is 0 Å². The first-order valence-electron chi connectivity index (χ1n) is 8.68. The minimum absolute atomic E-state index is 0.163. The fraction of sp³-hybridized carbons (Fsp3) is 0.765. The number of aliphatic imine (C=N–C) groups is 1. The Morgan fingerprint density at radius 1 is 1.52 bits per heavy atom. The summed E-state index contributed by atoms with van der Waals surface area (Å²) in [6.45, 7) is 12.0. The molecule has 0 aromatic carbocycles. The Balaban J connectivity index is 1.59. The minimum Gasteiger partial charge on any atom is -0.377 e. The quantitative estimate of drug-likeness (QED) is 0.639. The average Bonchev–Trinajstić information content (AvgIpc) is 3.12. The molecule has 0 radical (unpaired) electrons. The van der Waals surface area contributed by atoms with Crippen LogP contribution in [0, 0.1) is 18.3 Å². The van der Waals surface area contributed by atoms with E-state index in [0.29, 0.717) is 24.6 Å². The summed E-state index contributed by atoms with van der Waals surface area (Å²) in [5, 5.41) is 11.3. The summed E-state index contributed by atoms with van der Waals surface area (Å²) in [5.41, 5.74) is 1.35. The standard InChI is InChI=1S/C17H29N5O/c1-5-18-16(19-7-8-22-11-12(2)10-20-22)21-14-13-6-9-23-15(13)17(14,3)4/h10-11,13-15H,5-9H2,1-4H3,(H2,18,19,21). The van der Waals surface area contributed by atoms with E-state index < -0.39 is 0 Å². The number of guanidine groups is 1. The fourth-order valence-corrected chi connectivity index (χ4v) is 3.94. The monoisotopic (exact) mass is 319 g/mol. The largest absolute Gasteiger partial charge is 0.377 e. The molecule has 1 aliphatic heterocycles. The van der Waals surface area contributed by atoms with Gasteiger partial charge in [0.1, 0.15) is 0 Å². The summed E-state index contributed by atoms with van der Waals surface area (Å²) >= 11 is 0. The highest BCUT2D eigenvalue weighted by molar-refractivity contribution is 5.80. The van der Waals surface area contributed by atoms with Crippen LogP contribution in [0.15, 0.2) is 17.4 Å². The van der Waals surface area contributed by atoms with E-state index in [1.165, 1.54) is 5.56 Å². The minimum atomic E-state index is 0.163. The maximum atomic E-state index is 5.87. The Labute approximate surface area is 138 Å². The Hall–Kier alpha value is -1.56. The molecule has 128 valence electrons. The second-order valence-electron chi connectivity index (χ2n) is 7.23. The molecular formula is C17H29N5O. The lowest BCUT2D eigenvalue weighted by molar-refractivity contribution is -0.106. The molecule has 1 saturated carbocycles. The number of rotatable bonds is 5. The van der Waals surface area contributed by atoms with E-state index >= 15 is 0 Å². The van der Waals surface area contributed by atoms with Crippen molar-refractivity contribution in [3.05, 3.63) is 18.0 Å². The van der Waals surface area contributed by atoms with Crippen molar-refractivity contribution in [3.63, 3.8) is 0 Å². The van der Waals surface area contributed by atoms with Crippen LogP contribution < -0.4 is 10.6 Å². The Morgan fingerprint density at radius 3 is 3.04 bits per heavy atom. The summed E-state index contributed by atoms with van der Waals surface area (Å²) < 4.78 is 7.81. The van der Waals surface area contributed by atoms with E-state index in [4.69, 9.17) is 9.73 Å². The van der Waals surface area contributed by atoms with Crippen molar-refractivity contribution in [2.75, 3.05) is 19.7 Å². The number of nitrogens with zero attached hydrogens (tertiary/aromatic N) is 3. The van der Waals surface area contributed by atoms with Gasteiger partial charge in [-0.2, -0.15) is 5.10 Å². The van der Waals surface area contributed by atoms with Gasteiger partial charge in [-0.15, -0.1) is 0 Å². The van der Waals surface area contributed by atoms with Crippen molar-refractivity contribution in [2.45, 2.75) is 52.8 Å². The van der Waals surface area contributed by atoms with Crippen molar-refractivity contribution in [1.82, 2.24) is 20.4 Å². The maximum absolute atomic E-state index is 5.87. The number of aromatic nitrogens is 2. The predicted octanol–water partition coefficient (Wildman–Crippen LogP) is 1.56. The van der Waals surface area contributed by atoms with Crippen LogP contribution in [-0.4, -0.2) is 47.6 Å². The fourth-order valence-electron chi connectivity index (χ4n) is 3.94. The van der Waals surface area contributed by atoms with Gasteiger partial charge in [0.25, 0.3) is 0 Å². The third-order valence-corrected chi connectivity index (χ3v) is 5.10. The molecule has 1 aromatic rings. The van der Waals surface area contributed by atoms with E-state index in [-0.39, 0.29) is 5.41 Å². The molecule has 3 atom stereocenters. The summed E-state index contributed by atoms with van der Waals surface area (Å²) in [4.78, 5) is 4.71. The van der Waals surface area contributed by atoms with Gasteiger partial charge in [-0.25, -0.2) is 0 Å². The first-order chi connectivity index (χ1) is 11.0. The van der Waals surface area contributed by atoms with Crippen LogP contribution in [0.4, 0.5) is 0 Å². The molecule has 2 heterocycles. The maximum Gasteiger partial charge on any atom is 0.191 e. The molecule has 1 aliphatic carbocycles. The molecule has 2 N–H and O–H groups in total.